The van der Waals surface area contributed by atoms with E-state index in [0.29, 0.717) is 31.7 Å². The Morgan fingerprint density at radius 1 is 1.06 bits per heavy atom. The second-order valence-electron chi connectivity index (χ2n) is 5.43. The molecule has 5 nitrogen and oxygen atoms in total. The average Bonchev–Trinajstić information content (AvgIpc) is 2.40. The summed E-state index contributed by atoms with van der Waals surface area (Å²) in [6.07, 6.45) is 5.50. The lowest BCUT2D eigenvalue weighted by Crippen LogP contribution is -2.41. The predicted octanol–water partition coefficient (Wildman–Crippen LogP) is 1.70. The number of likely N-dealkylation sites (tertiary alicyclic amines) is 1. The van der Waals surface area contributed by atoms with Gasteiger partial charge in [0, 0.05) is 19.7 Å². The van der Waals surface area contributed by atoms with Crippen LogP contribution in [0.15, 0.2) is 0 Å². The quantitative estimate of drug-likeness (QED) is 0.807. The van der Waals surface area contributed by atoms with Gasteiger partial charge >= 0.3 is 6.09 Å². The van der Waals surface area contributed by atoms with Gasteiger partial charge in [-0.3, -0.25) is 0 Å². The van der Waals surface area contributed by atoms with Crippen LogP contribution in [0.2, 0.25) is 0 Å². The standard InChI is InChI=1S/C13H23NO4/c15-9-10-1-3-11(4-2-10)18-12-5-7-14(8-6-12)13(16)17/h10-12,15H,1-9H2,(H,16,17). The molecular weight excluding hydrogens is 234 g/mol. The summed E-state index contributed by atoms with van der Waals surface area (Å²) in [4.78, 5) is 12.2. The number of hydrogen-bond donors (Lipinski definition) is 2. The minimum atomic E-state index is -0.822. The second-order valence-corrected chi connectivity index (χ2v) is 5.43. The number of amides is 1. The molecule has 1 saturated carbocycles. The summed E-state index contributed by atoms with van der Waals surface area (Å²) in [6, 6.07) is 0. The summed E-state index contributed by atoms with van der Waals surface area (Å²) in [7, 11) is 0. The molecule has 18 heavy (non-hydrogen) atoms. The highest BCUT2D eigenvalue weighted by atomic mass is 16.5. The van der Waals surface area contributed by atoms with Gasteiger partial charge in [-0.25, -0.2) is 4.79 Å². The van der Waals surface area contributed by atoms with Gasteiger partial charge in [0.05, 0.1) is 12.2 Å². The molecule has 5 heteroatoms. The van der Waals surface area contributed by atoms with E-state index in [9.17, 15) is 4.79 Å². The second kappa shape index (κ2) is 6.38. The van der Waals surface area contributed by atoms with Crippen molar-refractivity contribution >= 4 is 6.09 Å². The number of carbonyl (C=O) groups is 1. The van der Waals surface area contributed by atoms with Gasteiger partial charge in [-0.1, -0.05) is 0 Å². The van der Waals surface area contributed by atoms with E-state index in [0.717, 1.165) is 38.5 Å². The molecule has 0 aromatic heterocycles. The molecule has 2 fully saturated rings. The smallest absolute Gasteiger partial charge is 0.407 e. The number of aliphatic hydroxyl groups excluding tert-OH is 1. The van der Waals surface area contributed by atoms with E-state index in [2.05, 4.69) is 0 Å². The Hall–Kier alpha value is -0.810. The predicted molar refractivity (Wildman–Crippen MR) is 66.5 cm³/mol. The van der Waals surface area contributed by atoms with Crippen LogP contribution in [0.1, 0.15) is 38.5 Å². The number of carboxylic acid groups (broad SMARTS) is 1. The molecule has 2 aliphatic rings. The van der Waals surface area contributed by atoms with E-state index in [-0.39, 0.29) is 6.10 Å². The molecular formula is C13H23NO4. The number of nitrogens with zero attached hydrogens (tertiary/aromatic N) is 1. The molecule has 1 amide bonds. The van der Waals surface area contributed by atoms with Gasteiger partial charge in [-0.05, 0) is 44.4 Å². The van der Waals surface area contributed by atoms with Gasteiger partial charge < -0.3 is 19.8 Å². The first kappa shape index (κ1) is 13.6. The summed E-state index contributed by atoms with van der Waals surface area (Å²) >= 11 is 0. The van der Waals surface area contributed by atoms with Crippen LogP contribution in [-0.2, 0) is 4.74 Å². The fraction of sp³-hybridized carbons (Fsp3) is 0.923. The van der Waals surface area contributed by atoms with Gasteiger partial charge in [-0.15, -0.1) is 0 Å². The maximum absolute atomic E-state index is 10.8. The van der Waals surface area contributed by atoms with Crippen LogP contribution in [0, 0.1) is 5.92 Å². The Kier molecular flexibility index (Phi) is 4.83. The molecule has 2 N–H and O–H groups in total. The van der Waals surface area contributed by atoms with Crippen molar-refractivity contribution in [1.29, 1.82) is 0 Å². The molecule has 0 atom stereocenters. The molecule has 0 bridgehead atoms. The highest BCUT2D eigenvalue weighted by Crippen LogP contribution is 2.28. The van der Waals surface area contributed by atoms with Crippen LogP contribution in [0.3, 0.4) is 0 Å². The van der Waals surface area contributed by atoms with Crippen molar-refractivity contribution in [2.75, 3.05) is 19.7 Å². The minimum Gasteiger partial charge on any atom is -0.465 e. The van der Waals surface area contributed by atoms with Crippen molar-refractivity contribution in [2.45, 2.75) is 50.7 Å². The van der Waals surface area contributed by atoms with Crippen LogP contribution < -0.4 is 0 Å². The SMILES string of the molecule is O=C(O)N1CCC(OC2CCC(CO)CC2)CC1. The van der Waals surface area contributed by atoms with Crippen LogP contribution >= 0.6 is 0 Å². The van der Waals surface area contributed by atoms with Crippen LogP contribution in [0.25, 0.3) is 0 Å². The first-order chi connectivity index (χ1) is 8.69. The first-order valence-electron chi connectivity index (χ1n) is 6.93. The molecule has 0 aromatic rings. The zero-order chi connectivity index (χ0) is 13.0. The summed E-state index contributed by atoms with van der Waals surface area (Å²) in [6.45, 7) is 1.47. The topological polar surface area (TPSA) is 70.0 Å². The molecule has 0 unspecified atom stereocenters. The van der Waals surface area contributed by atoms with Crippen molar-refractivity contribution in [3.8, 4) is 0 Å². The minimum absolute atomic E-state index is 0.219. The summed E-state index contributed by atoms with van der Waals surface area (Å²) in [5.41, 5.74) is 0. The maximum Gasteiger partial charge on any atom is 0.407 e. The van der Waals surface area contributed by atoms with Crippen molar-refractivity contribution in [3.63, 3.8) is 0 Å². The maximum atomic E-state index is 10.8. The highest BCUT2D eigenvalue weighted by molar-refractivity contribution is 5.64. The molecule has 1 aliphatic carbocycles. The van der Waals surface area contributed by atoms with Crippen molar-refractivity contribution < 1.29 is 19.7 Å². The fourth-order valence-corrected chi connectivity index (χ4v) is 2.91. The third-order valence-corrected chi connectivity index (χ3v) is 4.15. The van der Waals surface area contributed by atoms with Gasteiger partial charge in [-0.2, -0.15) is 0 Å². The van der Waals surface area contributed by atoms with E-state index >= 15 is 0 Å². The fourth-order valence-electron chi connectivity index (χ4n) is 2.91. The number of rotatable bonds is 3. The Balaban J connectivity index is 1.67. The van der Waals surface area contributed by atoms with Gasteiger partial charge in [0.2, 0.25) is 0 Å². The van der Waals surface area contributed by atoms with E-state index < -0.39 is 6.09 Å². The lowest BCUT2D eigenvalue weighted by Gasteiger charge is -2.34. The van der Waals surface area contributed by atoms with E-state index in [1.807, 2.05) is 0 Å². The Bertz CT molecular complexity index is 268. The van der Waals surface area contributed by atoms with E-state index in [1.165, 1.54) is 4.90 Å². The van der Waals surface area contributed by atoms with Gasteiger partial charge in [0.1, 0.15) is 0 Å². The van der Waals surface area contributed by atoms with Crippen LogP contribution in [0.4, 0.5) is 4.79 Å². The molecule has 2 rings (SSSR count). The first-order valence-corrected chi connectivity index (χ1v) is 6.93. The lowest BCUT2D eigenvalue weighted by atomic mass is 9.88. The number of aliphatic hydroxyl groups is 1. The largest absolute Gasteiger partial charge is 0.465 e. The van der Waals surface area contributed by atoms with Crippen LogP contribution in [-0.4, -0.2) is 53.1 Å². The van der Waals surface area contributed by atoms with E-state index in [1.54, 1.807) is 0 Å². The zero-order valence-electron chi connectivity index (χ0n) is 10.8. The Morgan fingerprint density at radius 3 is 2.11 bits per heavy atom. The average molecular weight is 257 g/mol. The third-order valence-electron chi connectivity index (χ3n) is 4.15. The normalized spacial score (nSPS) is 30.4. The number of hydrogen-bond acceptors (Lipinski definition) is 3. The van der Waals surface area contributed by atoms with Gasteiger partial charge in [0.15, 0.2) is 0 Å². The zero-order valence-corrected chi connectivity index (χ0v) is 10.8. The summed E-state index contributed by atoms with van der Waals surface area (Å²) in [5, 5.41) is 17.9. The van der Waals surface area contributed by atoms with E-state index in [4.69, 9.17) is 14.9 Å². The highest BCUT2D eigenvalue weighted by Gasteiger charge is 2.27. The Morgan fingerprint density at radius 2 is 1.61 bits per heavy atom. The Labute approximate surface area is 108 Å². The number of piperidine rings is 1. The lowest BCUT2D eigenvalue weighted by molar-refractivity contribution is -0.0606. The van der Waals surface area contributed by atoms with Crippen molar-refractivity contribution in [3.05, 3.63) is 0 Å². The monoisotopic (exact) mass is 257 g/mol. The van der Waals surface area contributed by atoms with Crippen LogP contribution in [0.5, 0.6) is 0 Å². The molecule has 1 saturated heterocycles. The molecule has 1 aliphatic heterocycles. The number of ether oxygens (including phenoxy) is 1. The third kappa shape index (κ3) is 3.59. The molecule has 0 aromatic carbocycles. The molecule has 0 radical (unpaired) electrons. The van der Waals surface area contributed by atoms with Gasteiger partial charge in [0.25, 0.3) is 0 Å². The van der Waals surface area contributed by atoms with Crippen molar-refractivity contribution in [2.24, 2.45) is 5.92 Å². The summed E-state index contributed by atoms with van der Waals surface area (Å²) in [5.74, 6) is 0.457. The molecule has 0 spiro atoms. The molecule has 104 valence electrons. The van der Waals surface area contributed by atoms with Crippen molar-refractivity contribution in [1.82, 2.24) is 4.90 Å². The summed E-state index contributed by atoms with van der Waals surface area (Å²) < 4.78 is 6.05. The molecule has 1 heterocycles.